The molecule has 0 aliphatic heterocycles. The summed E-state index contributed by atoms with van der Waals surface area (Å²) in [4.78, 5) is 2.06. The van der Waals surface area contributed by atoms with Crippen LogP contribution in [0.25, 0.3) is 0 Å². The van der Waals surface area contributed by atoms with Crippen LogP contribution in [0.15, 0.2) is 42.5 Å². The summed E-state index contributed by atoms with van der Waals surface area (Å²) in [6.45, 7) is 1.79. The van der Waals surface area contributed by atoms with Crippen molar-refractivity contribution in [3.63, 3.8) is 0 Å². The van der Waals surface area contributed by atoms with Crippen molar-refractivity contribution >= 4 is 0 Å². The van der Waals surface area contributed by atoms with E-state index in [2.05, 4.69) is 17.0 Å². The van der Waals surface area contributed by atoms with E-state index in [1.54, 1.807) is 18.2 Å². The lowest BCUT2D eigenvalue weighted by Crippen LogP contribution is -2.18. The average Bonchev–Trinajstić information content (AvgIpc) is 2.49. The second-order valence-corrected chi connectivity index (χ2v) is 5.13. The van der Waals surface area contributed by atoms with E-state index in [0.29, 0.717) is 18.7 Å². The zero-order chi connectivity index (χ0) is 15.2. The van der Waals surface area contributed by atoms with Gasteiger partial charge in [0.1, 0.15) is 0 Å². The van der Waals surface area contributed by atoms with Crippen LogP contribution in [-0.4, -0.2) is 19.1 Å². The molecule has 0 radical (unpaired) electrons. The maximum atomic E-state index is 14.1. The first-order chi connectivity index (χ1) is 10.1. The van der Waals surface area contributed by atoms with Gasteiger partial charge in [-0.25, -0.2) is 4.39 Å². The molecule has 2 N–H and O–H groups in total. The predicted molar refractivity (Wildman–Crippen MR) is 82.5 cm³/mol. The van der Waals surface area contributed by atoms with Crippen molar-refractivity contribution in [2.75, 3.05) is 14.2 Å². The molecule has 0 spiro atoms. The first kappa shape index (κ1) is 15.5. The Balaban J connectivity index is 2.06. The van der Waals surface area contributed by atoms with Crippen LogP contribution in [0.5, 0.6) is 5.75 Å². The van der Waals surface area contributed by atoms with Gasteiger partial charge in [-0.3, -0.25) is 4.90 Å². The van der Waals surface area contributed by atoms with Crippen LogP contribution in [0, 0.1) is 5.82 Å². The number of ether oxygens (including phenoxy) is 1. The number of rotatable bonds is 6. The summed E-state index contributed by atoms with van der Waals surface area (Å²) in [5.74, 6) is -0.00594. The van der Waals surface area contributed by atoms with Gasteiger partial charge < -0.3 is 10.5 Å². The van der Waals surface area contributed by atoms with Crippen molar-refractivity contribution in [1.29, 1.82) is 0 Å². The molecule has 0 aromatic heterocycles. The molecule has 4 heteroatoms. The van der Waals surface area contributed by atoms with Gasteiger partial charge in [-0.2, -0.15) is 0 Å². The smallest absolute Gasteiger partial charge is 0.169 e. The third-order valence-corrected chi connectivity index (χ3v) is 3.38. The van der Waals surface area contributed by atoms with Gasteiger partial charge in [-0.1, -0.05) is 36.4 Å². The molecule has 0 amide bonds. The molecule has 0 saturated heterocycles. The third-order valence-electron chi connectivity index (χ3n) is 3.38. The summed E-state index contributed by atoms with van der Waals surface area (Å²) in [6.07, 6.45) is 0. The summed E-state index contributed by atoms with van der Waals surface area (Å²) in [5.41, 5.74) is 8.55. The van der Waals surface area contributed by atoms with Crippen LogP contribution in [0.3, 0.4) is 0 Å². The average molecular weight is 288 g/mol. The van der Waals surface area contributed by atoms with Crippen LogP contribution >= 0.6 is 0 Å². The fraction of sp³-hybridized carbons (Fsp3) is 0.294. The number of methoxy groups -OCH3 is 1. The van der Waals surface area contributed by atoms with Crippen LogP contribution in [-0.2, 0) is 19.6 Å². The maximum absolute atomic E-state index is 14.1. The molecule has 2 aromatic carbocycles. The van der Waals surface area contributed by atoms with E-state index in [4.69, 9.17) is 10.5 Å². The minimum atomic E-state index is -0.289. The predicted octanol–water partition coefficient (Wildman–Crippen LogP) is 2.93. The second-order valence-electron chi connectivity index (χ2n) is 5.13. The largest absolute Gasteiger partial charge is 0.494 e. The Morgan fingerprint density at radius 3 is 2.52 bits per heavy atom. The van der Waals surface area contributed by atoms with Crippen LogP contribution < -0.4 is 10.5 Å². The highest BCUT2D eigenvalue weighted by atomic mass is 19.1. The molecular weight excluding hydrogens is 267 g/mol. The fourth-order valence-electron chi connectivity index (χ4n) is 2.35. The van der Waals surface area contributed by atoms with E-state index < -0.39 is 0 Å². The van der Waals surface area contributed by atoms with Crippen molar-refractivity contribution < 1.29 is 9.13 Å². The highest BCUT2D eigenvalue weighted by Gasteiger charge is 2.10. The molecule has 0 unspecified atom stereocenters. The van der Waals surface area contributed by atoms with E-state index in [1.165, 1.54) is 12.7 Å². The lowest BCUT2D eigenvalue weighted by atomic mass is 10.1. The van der Waals surface area contributed by atoms with Gasteiger partial charge in [0.15, 0.2) is 11.6 Å². The number of nitrogens with two attached hydrogens (primary N) is 1. The first-order valence-electron chi connectivity index (χ1n) is 6.92. The molecule has 0 saturated carbocycles. The van der Waals surface area contributed by atoms with Gasteiger partial charge >= 0.3 is 0 Å². The van der Waals surface area contributed by atoms with E-state index in [-0.39, 0.29) is 11.6 Å². The van der Waals surface area contributed by atoms with Gasteiger partial charge in [-0.15, -0.1) is 0 Å². The Labute approximate surface area is 125 Å². The summed E-state index contributed by atoms with van der Waals surface area (Å²) in [5, 5.41) is 0. The summed E-state index contributed by atoms with van der Waals surface area (Å²) in [7, 11) is 3.44. The molecular formula is C17H21FN2O. The van der Waals surface area contributed by atoms with E-state index in [1.807, 2.05) is 19.2 Å². The zero-order valence-electron chi connectivity index (χ0n) is 12.5. The Hall–Kier alpha value is -1.91. The van der Waals surface area contributed by atoms with Crippen molar-refractivity contribution in [3.05, 3.63) is 65.0 Å². The maximum Gasteiger partial charge on any atom is 0.169 e. The van der Waals surface area contributed by atoms with Gasteiger partial charge in [0, 0.05) is 25.2 Å². The third kappa shape index (κ3) is 4.03. The molecule has 0 bridgehead atoms. The van der Waals surface area contributed by atoms with Gasteiger partial charge in [0.05, 0.1) is 7.11 Å². The van der Waals surface area contributed by atoms with Crippen molar-refractivity contribution in [1.82, 2.24) is 4.90 Å². The Morgan fingerprint density at radius 2 is 1.81 bits per heavy atom. The molecule has 21 heavy (non-hydrogen) atoms. The first-order valence-corrected chi connectivity index (χ1v) is 6.92. The summed E-state index contributed by atoms with van der Waals surface area (Å²) >= 11 is 0. The Morgan fingerprint density at radius 1 is 1.10 bits per heavy atom. The lowest BCUT2D eigenvalue weighted by Gasteiger charge is -2.18. The lowest BCUT2D eigenvalue weighted by molar-refractivity contribution is 0.309. The van der Waals surface area contributed by atoms with E-state index in [9.17, 15) is 4.39 Å². The van der Waals surface area contributed by atoms with Crippen molar-refractivity contribution in [2.24, 2.45) is 5.73 Å². The van der Waals surface area contributed by atoms with Crippen molar-refractivity contribution in [3.8, 4) is 5.75 Å². The molecule has 0 aliphatic carbocycles. The molecule has 0 aliphatic rings. The number of halogens is 1. The highest BCUT2D eigenvalue weighted by Crippen LogP contribution is 2.21. The van der Waals surface area contributed by atoms with Crippen LogP contribution in [0.4, 0.5) is 4.39 Å². The standard InChI is InChI=1S/C17H21FN2O/c1-20(11-14-6-3-5-13(9-14)10-19)12-15-7-4-8-16(21-2)17(15)18/h3-9H,10-12,19H2,1-2H3. The summed E-state index contributed by atoms with van der Waals surface area (Å²) < 4.78 is 19.1. The fourth-order valence-corrected chi connectivity index (χ4v) is 2.35. The zero-order valence-corrected chi connectivity index (χ0v) is 12.5. The molecule has 2 aromatic rings. The Kier molecular flexibility index (Phi) is 5.31. The monoisotopic (exact) mass is 288 g/mol. The second kappa shape index (κ2) is 7.20. The minimum absolute atomic E-state index is 0.283. The highest BCUT2D eigenvalue weighted by molar-refractivity contribution is 5.31. The summed E-state index contributed by atoms with van der Waals surface area (Å²) in [6, 6.07) is 13.4. The normalized spacial score (nSPS) is 10.9. The Bertz CT molecular complexity index is 601. The molecule has 3 nitrogen and oxygen atoms in total. The number of benzene rings is 2. The van der Waals surface area contributed by atoms with Gasteiger partial charge in [0.2, 0.25) is 0 Å². The van der Waals surface area contributed by atoms with Crippen LogP contribution in [0.1, 0.15) is 16.7 Å². The van der Waals surface area contributed by atoms with E-state index in [0.717, 1.165) is 12.1 Å². The number of hydrogen-bond donors (Lipinski definition) is 1. The number of hydrogen-bond acceptors (Lipinski definition) is 3. The van der Waals surface area contributed by atoms with Gasteiger partial charge in [0.25, 0.3) is 0 Å². The molecule has 2 rings (SSSR count). The molecule has 112 valence electrons. The molecule has 0 atom stereocenters. The number of nitrogens with zero attached hydrogens (tertiary/aromatic N) is 1. The quantitative estimate of drug-likeness (QED) is 0.888. The molecule has 0 fully saturated rings. The SMILES string of the molecule is COc1cccc(CN(C)Cc2cccc(CN)c2)c1F. The molecule has 0 heterocycles. The van der Waals surface area contributed by atoms with E-state index >= 15 is 0 Å². The van der Waals surface area contributed by atoms with Crippen LogP contribution in [0.2, 0.25) is 0 Å². The minimum Gasteiger partial charge on any atom is -0.494 e. The topological polar surface area (TPSA) is 38.5 Å². The van der Waals surface area contributed by atoms with Gasteiger partial charge in [-0.05, 0) is 24.2 Å². The van der Waals surface area contributed by atoms with Crippen molar-refractivity contribution in [2.45, 2.75) is 19.6 Å².